The number of ether oxygens (including phenoxy) is 1. The third kappa shape index (κ3) is 3.05. The maximum absolute atomic E-state index is 12.1. The third-order valence-corrected chi connectivity index (χ3v) is 3.61. The molecule has 0 saturated heterocycles. The van der Waals surface area contributed by atoms with Gasteiger partial charge in [-0.1, -0.05) is 0 Å². The number of aromatic amines is 1. The maximum atomic E-state index is 12.1. The van der Waals surface area contributed by atoms with Gasteiger partial charge in [0, 0.05) is 5.69 Å². The Labute approximate surface area is 126 Å². The Kier molecular flexibility index (Phi) is 3.62. The van der Waals surface area contributed by atoms with Gasteiger partial charge in [-0.05, 0) is 44.2 Å². The molecule has 2 aromatic heterocycles. The Balaban J connectivity index is 1.70. The minimum Gasteiger partial charge on any atom is -0.491 e. The standard InChI is InChI=1S/C15H15N3O2S/c1-9(2)20-11-5-3-10(4-6-11)17-14(19)12-7-13-15(18-12)21-8-16-13/h3-9,18H,1-2H3,(H,17,19). The number of nitrogens with one attached hydrogen (secondary N) is 2. The van der Waals surface area contributed by atoms with Crippen molar-refractivity contribution in [2.24, 2.45) is 0 Å². The lowest BCUT2D eigenvalue weighted by Gasteiger charge is -2.10. The van der Waals surface area contributed by atoms with Crippen LogP contribution in [0.3, 0.4) is 0 Å². The summed E-state index contributed by atoms with van der Waals surface area (Å²) < 4.78 is 5.56. The third-order valence-electron chi connectivity index (χ3n) is 2.85. The first kappa shape index (κ1) is 13.6. The number of amides is 1. The molecule has 0 spiro atoms. The van der Waals surface area contributed by atoms with Gasteiger partial charge in [0.2, 0.25) is 0 Å². The van der Waals surface area contributed by atoms with Crippen LogP contribution in [0.2, 0.25) is 0 Å². The van der Waals surface area contributed by atoms with E-state index >= 15 is 0 Å². The number of hydrogen-bond acceptors (Lipinski definition) is 4. The number of carbonyl (C=O) groups is 1. The second kappa shape index (κ2) is 5.57. The van der Waals surface area contributed by atoms with Gasteiger partial charge in [-0.15, -0.1) is 11.3 Å². The van der Waals surface area contributed by atoms with Crippen molar-refractivity contribution in [1.29, 1.82) is 0 Å². The van der Waals surface area contributed by atoms with E-state index in [0.29, 0.717) is 5.69 Å². The summed E-state index contributed by atoms with van der Waals surface area (Å²) in [5.74, 6) is 0.602. The Morgan fingerprint density at radius 3 is 2.76 bits per heavy atom. The topological polar surface area (TPSA) is 67.0 Å². The molecule has 3 rings (SSSR count). The number of H-pyrrole nitrogens is 1. The summed E-state index contributed by atoms with van der Waals surface area (Å²) in [7, 11) is 0. The van der Waals surface area contributed by atoms with E-state index in [-0.39, 0.29) is 12.0 Å². The summed E-state index contributed by atoms with van der Waals surface area (Å²) in [6.45, 7) is 3.95. The monoisotopic (exact) mass is 301 g/mol. The van der Waals surface area contributed by atoms with E-state index in [9.17, 15) is 4.79 Å². The van der Waals surface area contributed by atoms with E-state index in [0.717, 1.165) is 21.8 Å². The molecule has 0 saturated carbocycles. The highest BCUT2D eigenvalue weighted by molar-refractivity contribution is 7.16. The molecule has 108 valence electrons. The SMILES string of the molecule is CC(C)Oc1ccc(NC(=O)c2cc3ncsc3[nH]2)cc1. The molecule has 0 bridgehead atoms. The Morgan fingerprint density at radius 1 is 1.33 bits per heavy atom. The number of benzene rings is 1. The normalized spacial score (nSPS) is 11.0. The van der Waals surface area contributed by atoms with Gasteiger partial charge in [0.25, 0.3) is 5.91 Å². The molecular weight excluding hydrogens is 286 g/mol. The lowest BCUT2D eigenvalue weighted by Crippen LogP contribution is -2.12. The summed E-state index contributed by atoms with van der Waals surface area (Å²) in [5.41, 5.74) is 3.79. The number of aromatic nitrogens is 2. The van der Waals surface area contributed by atoms with Gasteiger partial charge in [-0.2, -0.15) is 0 Å². The zero-order valence-corrected chi connectivity index (χ0v) is 12.5. The molecule has 2 N–H and O–H groups in total. The molecule has 1 amide bonds. The minimum absolute atomic E-state index is 0.129. The van der Waals surface area contributed by atoms with Crippen LogP contribution in [0.25, 0.3) is 10.3 Å². The van der Waals surface area contributed by atoms with Crippen LogP contribution in [0.15, 0.2) is 35.8 Å². The molecular formula is C15H15N3O2S. The largest absolute Gasteiger partial charge is 0.491 e. The lowest BCUT2D eigenvalue weighted by molar-refractivity contribution is 0.102. The molecule has 3 aromatic rings. The molecule has 21 heavy (non-hydrogen) atoms. The van der Waals surface area contributed by atoms with Gasteiger partial charge in [0.15, 0.2) is 0 Å². The van der Waals surface area contributed by atoms with Crippen molar-refractivity contribution in [3.8, 4) is 5.75 Å². The van der Waals surface area contributed by atoms with Crippen LogP contribution in [0.1, 0.15) is 24.3 Å². The second-order valence-corrected chi connectivity index (χ2v) is 5.75. The number of hydrogen-bond donors (Lipinski definition) is 2. The quantitative estimate of drug-likeness (QED) is 0.772. The first-order chi connectivity index (χ1) is 10.1. The van der Waals surface area contributed by atoms with Crippen molar-refractivity contribution in [1.82, 2.24) is 9.97 Å². The van der Waals surface area contributed by atoms with Crippen LogP contribution in [0.5, 0.6) is 5.75 Å². The van der Waals surface area contributed by atoms with E-state index in [4.69, 9.17) is 4.74 Å². The van der Waals surface area contributed by atoms with Crippen molar-refractivity contribution >= 4 is 33.3 Å². The Morgan fingerprint density at radius 2 is 2.10 bits per heavy atom. The summed E-state index contributed by atoms with van der Waals surface area (Å²) in [6, 6.07) is 9.06. The predicted octanol–water partition coefficient (Wildman–Crippen LogP) is 3.66. The Bertz CT molecular complexity index is 730. The molecule has 0 fully saturated rings. The number of thiazole rings is 1. The molecule has 0 unspecified atom stereocenters. The summed E-state index contributed by atoms with van der Waals surface area (Å²) >= 11 is 1.48. The smallest absolute Gasteiger partial charge is 0.272 e. The highest BCUT2D eigenvalue weighted by Crippen LogP contribution is 2.20. The highest BCUT2D eigenvalue weighted by atomic mass is 32.1. The second-order valence-electron chi connectivity index (χ2n) is 4.89. The van der Waals surface area contributed by atoms with E-state index in [1.54, 1.807) is 11.6 Å². The fourth-order valence-corrected chi connectivity index (χ4v) is 2.63. The van der Waals surface area contributed by atoms with Gasteiger partial charge < -0.3 is 15.0 Å². The van der Waals surface area contributed by atoms with Crippen LogP contribution in [-0.4, -0.2) is 22.0 Å². The van der Waals surface area contributed by atoms with Crippen LogP contribution >= 0.6 is 11.3 Å². The van der Waals surface area contributed by atoms with Crippen molar-refractivity contribution < 1.29 is 9.53 Å². The Hall–Kier alpha value is -2.34. The minimum atomic E-state index is -0.183. The predicted molar refractivity (Wildman–Crippen MR) is 84.1 cm³/mol. The van der Waals surface area contributed by atoms with Crippen LogP contribution in [0, 0.1) is 0 Å². The van der Waals surface area contributed by atoms with Crippen molar-refractivity contribution in [3.63, 3.8) is 0 Å². The van der Waals surface area contributed by atoms with Gasteiger partial charge in [0.1, 0.15) is 21.8 Å². The highest BCUT2D eigenvalue weighted by Gasteiger charge is 2.11. The number of carbonyl (C=O) groups excluding carboxylic acids is 1. The average molecular weight is 301 g/mol. The van der Waals surface area contributed by atoms with E-state index in [2.05, 4.69) is 15.3 Å². The zero-order valence-electron chi connectivity index (χ0n) is 11.7. The fourth-order valence-electron chi connectivity index (χ4n) is 1.96. The first-order valence-electron chi connectivity index (χ1n) is 6.62. The molecule has 0 aliphatic heterocycles. The lowest BCUT2D eigenvalue weighted by atomic mass is 10.3. The van der Waals surface area contributed by atoms with Crippen molar-refractivity contribution in [3.05, 3.63) is 41.5 Å². The van der Waals surface area contributed by atoms with E-state index in [1.807, 2.05) is 38.1 Å². The van der Waals surface area contributed by atoms with Crippen molar-refractivity contribution in [2.45, 2.75) is 20.0 Å². The van der Waals surface area contributed by atoms with Gasteiger partial charge in [-0.3, -0.25) is 4.79 Å². The summed E-state index contributed by atoms with van der Waals surface area (Å²) in [4.78, 5) is 20.3. The van der Waals surface area contributed by atoms with Gasteiger partial charge in [0.05, 0.1) is 11.6 Å². The van der Waals surface area contributed by atoms with Crippen LogP contribution < -0.4 is 10.1 Å². The van der Waals surface area contributed by atoms with E-state index < -0.39 is 0 Å². The van der Waals surface area contributed by atoms with Gasteiger partial charge >= 0.3 is 0 Å². The van der Waals surface area contributed by atoms with E-state index in [1.165, 1.54) is 11.3 Å². The average Bonchev–Trinajstić information content (AvgIpc) is 3.01. The van der Waals surface area contributed by atoms with Crippen LogP contribution in [-0.2, 0) is 0 Å². The maximum Gasteiger partial charge on any atom is 0.272 e. The molecule has 0 radical (unpaired) electrons. The van der Waals surface area contributed by atoms with Gasteiger partial charge in [-0.25, -0.2) is 4.98 Å². The molecule has 0 aliphatic carbocycles. The number of anilines is 1. The summed E-state index contributed by atoms with van der Waals surface area (Å²) in [5, 5.41) is 2.84. The number of fused-ring (bicyclic) bond motifs is 1. The molecule has 0 atom stereocenters. The molecule has 1 aromatic carbocycles. The summed E-state index contributed by atoms with van der Waals surface area (Å²) in [6.07, 6.45) is 0.129. The molecule has 5 nitrogen and oxygen atoms in total. The zero-order chi connectivity index (χ0) is 14.8. The molecule has 0 aliphatic rings. The van der Waals surface area contributed by atoms with Crippen LogP contribution in [0.4, 0.5) is 5.69 Å². The number of nitrogens with zero attached hydrogens (tertiary/aromatic N) is 1. The number of rotatable bonds is 4. The molecule has 6 heteroatoms. The van der Waals surface area contributed by atoms with Crippen molar-refractivity contribution in [2.75, 3.05) is 5.32 Å². The molecule has 2 heterocycles. The fraction of sp³-hybridized carbons (Fsp3) is 0.200. The first-order valence-corrected chi connectivity index (χ1v) is 7.50.